The standard InChI is InChI=1S/C83H152O17P2/c1-5-9-13-17-21-25-29-33-36-38-41-44-48-52-56-60-64-68-81(86)94-74-79(99-82(87)69-65-61-57-53-49-45-40-35-31-27-23-19-15-11-7-3)76-98-102(91,92)96-72-77(84)71-95-101(89,90)97-75-78(73-93-80(85)67-63-59-55-51-47-43-32-28-24-20-16-12-8-4)100-83(88)70-66-62-58-54-50-46-42-39-37-34-30-26-22-18-14-10-6-2/h21,25,33,35-36,40-41,44,52,56,77-79,84H,5-20,22-24,26-32,34,37-39,42-43,45-51,53-55,57-76H2,1-4H3,(H,89,90)(H,91,92)/b25-21-,36-33-,40-35-,44-41-,56-52-/t77-,78+,79+/m0/s1. The van der Waals surface area contributed by atoms with Gasteiger partial charge in [-0.1, -0.05) is 332 Å². The molecule has 0 aliphatic heterocycles. The van der Waals surface area contributed by atoms with E-state index < -0.39 is 97.5 Å². The lowest BCUT2D eigenvalue weighted by molar-refractivity contribution is -0.161. The minimum Gasteiger partial charge on any atom is -0.462 e. The molecule has 0 amide bonds. The van der Waals surface area contributed by atoms with Gasteiger partial charge in [-0.2, -0.15) is 0 Å². The van der Waals surface area contributed by atoms with Crippen LogP contribution in [-0.4, -0.2) is 96.7 Å². The van der Waals surface area contributed by atoms with Crippen LogP contribution in [0.15, 0.2) is 60.8 Å². The van der Waals surface area contributed by atoms with Crippen molar-refractivity contribution in [1.82, 2.24) is 0 Å². The van der Waals surface area contributed by atoms with Crippen LogP contribution in [0, 0.1) is 0 Å². The van der Waals surface area contributed by atoms with Crippen LogP contribution in [0.4, 0.5) is 0 Å². The second-order valence-corrected chi connectivity index (χ2v) is 31.0. The Bertz CT molecular complexity index is 2170. The van der Waals surface area contributed by atoms with Crippen LogP contribution >= 0.6 is 15.6 Å². The Morgan fingerprint density at radius 3 is 0.804 bits per heavy atom. The van der Waals surface area contributed by atoms with Gasteiger partial charge in [0, 0.05) is 25.7 Å². The lowest BCUT2D eigenvalue weighted by Gasteiger charge is -2.21. The van der Waals surface area contributed by atoms with E-state index >= 15 is 0 Å². The zero-order chi connectivity index (χ0) is 74.6. The van der Waals surface area contributed by atoms with Gasteiger partial charge in [0.05, 0.1) is 26.4 Å². The average molecular weight is 1480 g/mol. The van der Waals surface area contributed by atoms with Gasteiger partial charge in [0.15, 0.2) is 12.2 Å². The molecule has 102 heavy (non-hydrogen) atoms. The number of hydrogen-bond acceptors (Lipinski definition) is 15. The number of phosphoric ester groups is 2. The minimum absolute atomic E-state index is 0.0774. The number of aliphatic hydroxyl groups is 1. The second kappa shape index (κ2) is 76.0. The SMILES string of the molecule is CCCCC/C=C\C/C=C\C/C=C\C/C=C\CCCC(=O)OC[C@H](COP(=O)(O)OC[C@@H](O)COP(=O)(O)OC[C@@H](COC(=O)CCCCCCCCCCCCCCC)OC(=O)CCCCCCCCCCCCCCCCCCC)OC(=O)CCCCCCC/C=C\CCCCCCCC. The lowest BCUT2D eigenvalue weighted by Crippen LogP contribution is -2.30. The first-order valence-electron chi connectivity index (χ1n) is 41.5. The van der Waals surface area contributed by atoms with Crippen LogP contribution in [0.5, 0.6) is 0 Å². The molecule has 0 aromatic carbocycles. The van der Waals surface area contributed by atoms with Gasteiger partial charge in [0.1, 0.15) is 19.3 Å². The van der Waals surface area contributed by atoms with Gasteiger partial charge in [0.25, 0.3) is 0 Å². The second-order valence-electron chi connectivity index (χ2n) is 28.1. The van der Waals surface area contributed by atoms with Crippen molar-refractivity contribution in [2.45, 2.75) is 406 Å². The number of ether oxygens (including phenoxy) is 4. The number of carbonyl (C=O) groups is 4. The van der Waals surface area contributed by atoms with Crippen molar-refractivity contribution < 1.29 is 80.2 Å². The zero-order valence-electron chi connectivity index (χ0n) is 65.3. The summed E-state index contributed by atoms with van der Waals surface area (Å²) in [6, 6.07) is 0. The maximum Gasteiger partial charge on any atom is 0.472 e. The van der Waals surface area contributed by atoms with E-state index in [0.717, 1.165) is 109 Å². The molecule has 0 aromatic heterocycles. The fraction of sp³-hybridized carbons (Fsp3) is 0.831. The molecule has 0 aliphatic rings. The average Bonchev–Trinajstić information content (AvgIpc) is 0.951. The number of rotatable bonds is 79. The van der Waals surface area contributed by atoms with E-state index in [4.69, 9.17) is 37.0 Å². The van der Waals surface area contributed by atoms with E-state index in [-0.39, 0.29) is 25.7 Å². The summed E-state index contributed by atoms with van der Waals surface area (Å²) >= 11 is 0. The Morgan fingerprint density at radius 1 is 0.275 bits per heavy atom. The quantitative estimate of drug-likeness (QED) is 0.0169. The van der Waals surface area contributed by atoms with Crippen molar-refractivity contribution in [3.05, 3.63) is 60.8 Å². The number of hydrogen-bond donors (Lipinski definition) is 3. The van der Waals surface area contributed by atoms with Crippen molar-refractivity contribution in [3.8, 4) is 0 Å². The Balaban J connectivity index is 5.36. The summed E-state index contributed by atoms with van der Waals surface area (Å²) in [5.74, 6) is -2.21. The fourth-order valence-corrected chi connectivity index (χ4v) is 13.2. The molecule has 19 heteroatoms. The monoisotopic (exact) mass is 1480 g/mol. The molecule has 2 unspecified atom stereocenters. The Kier molecular flexibility index (Phi) is 73.6. The van der Waals surface area contributed by atoms with Gasteiger partial charge in [-0.05, 0) is 89.9 Å². The molecule has 0 fully saturated rings. The zero-order valence-corrected chi connectivity index (χ0v) is 67.1. The molecule has 0 heterocycles. The normalized spacial score (nSPS) is 14.1. The van der Waals surface area contributed by atoms with Crippen LogP contribution in [-0.2, 0) is 65.4 Å². The first-order chi connectivity index (χ1) is 49.7. The predicted molar refractivity (Wildman–Crippen MR) is 418 cm³/mol. The van der Waals surface area contributed by atoms with Crippen molar-refractivity contribution in [2.75, 3.05) is 39.6 Å². The number of phosphoric acid groups is 2. The minimum atomic E-state index is -4.98. The molecule has 596 valence electrons. The largest absolute Gasteiger partial charge is 0.472 e. The molecule has 0 rings (SSSR count). The number of aliphatic hydroxyl groups excluding tert-OH is 1. The summed E-state index contributed by atoms with van der Waals surface area (Å²) in [6.45, 7) is 4.87. The van der Waals surface area contributed by atoms with Crippen LogP contribution in [0.2, 0.25) is 0 Å². The summed E-state index contributed by atoms with van der Waals surface area (Å²) in [7, 11) is -9.96. The van der Waals surface area contributed by atoms with E-state index in [1.807, 2.05) is 12.2 Å². The highest BCUT2D eigenvalue weighted by Gasteiger charge is 2.30. The number of esters is 4. The highest BCUT2D eigenvalue weighted by atomic mass is 31.2. The number of carbonyl (C=O) groups excluding carboxylic acids is 4. The topological polar surface area (TPSA) is 237 Å². The number of unbranched alkanes of at least 4 members (excludes halogenated alkanes) is 43. The van der Waals surface area contributed by atoms with E-state index in [1.165, 1.54) is 193 Å². The molecule has 3 N–H and O–H groups in total. The smallest absolute Gasteiger partial charge is 0.462 e. The van der Waals surface area contributed by atoms with Gasteiger partial charge in [-0.25, -0.2) is 9.13 Å². The molecule has 0 radical (unpaired) electrons. The van der Waals surface area contributed by atoms with Gasteiger partial charge in [0.2, 0.25) is 0 Å². The molecule has 0 aliphatic carbocycles. The molecule has 0 aromatic rings. The van der Waals surface area contributed by atoms with E-state index in [0.29, 0.717) is 32.1 Å². The van der Waals surface area contributed by atoms with Crippen molar-refractivity contribution in [1.29, 1.82) is 0 Å². The van der Waals surface area contributed by atoms with Crippen molar-refractivity contribution >= 4 is 39.5 Å². The lowest BCUT2D eigenvalue weighted by atomic mass is 10.0. The Labute approximate surface area is 622 Å². The molecule has 17 nitrogen and oxygen atoms in total. The maximum atomic E-state index is 13.1. The molecular formula is C83H152O17P2. The summed E-state index contributed by atoms with van der Waals surface area (Å²) in [6.07, 6.45) is 76.2. The third-order valence-corrected chi connectivity index (χ3v) is 19.9. The highest BCUT2D eigenvalue weighted by molar-refractivity contribution is 7.47. The van der Waals surface area contributed by atoms with E-state index in [1.54, 1.807) is 0 Å². The third-order valence-electron chi connectivity index (χ3n) is 18.0. The Morgan fingerprint density at radius 2 is 0.490 bits per heavy atom. The first-order valence-corrected chi connectivity index (χ1v) is 44.5. The Hall–Kier alpha value is -3.24. The predicted octanol–water partition coefficient (Wildman–Crippen LogP) is 24.2. The van der Waals surface area contributed by atoms with Gasteiger partial charge in [-0.3, -0.25) is 37.3 Å². The van der Waals surface area contributed by atoms with Gasteiger partial charge in [-0.15, -0.1) is 0 Å². The van der Waals surface area contributed by atoms with Crippen LogP contribution in [0.3, 0.4) is 0 Å². The maximum absolute atomic E-state index is 13.1. The van der Waals surface area contributed by atoms with Gasteiger partial charge >= 0.3 is 39.5 Å². The summed E-state index contributed by atoms with van der Waals surface area (Å²) < 4.78 is 68.6. The third kappa shape index (κ3) is 75.0. The van der Waals surface area contributed by atoms with Crippen molar-refractivity contribution in [3.63, 3.8) is 0 Å². The molecule has 0 spiro atoms. The van der Waals surface area contributed by atoms with E-state index in [2.05, 4.69) is 76.3 Å². The van der Waals surface area contributed by atoms with Crippen LogP contribution in [0.25, 0.3) is 0 Å². The molecule has 0 saturated heterocycles. The summed E-state index contributed by atoms with van der Waals surface area (Å²) in [5.41, 5.74) is 0. The van der Waals surface area contributed by atoms with E-state index in [9.17, 15) is 43.2 Å². The van der Waals surface area contributed by atoms with Crippen molar-refractivity contribution in [2.24, 2.45) is 0 Å². The highest BCUT2D eigenvalue weighted by Crippen LogP contribution is 2.45. The van der Waals surface area contributed by atoms with Gasteiger partial charge < -0.3 is 33.8 Å². The molecule has 0 bridgehead atoms. The fourth-order valence-electron chi connectivity index (χ4n) is 11.6. The number of allylic oxidation sites excluding steroid dienone is 10. The van der Waals surface area contributed by atoms with Crippen LogP contribution in [0.1, 0.15) is 387 Å². The molecule has 5 atom stereocenters. The molecular weight excluding hydrogens is 1330 g/mol. The van der Waals surface area contributed by atoms with Crippen LogP contribution < -0.4 is 0 Å². The molecule has 0 saturated carbocycles. The summed E-state index contributed by atoms with van der Waals surface area (Å²) in [5, 5.41) is 10.6. The summed E-state index contributed by atoms with van der Waals surface area (Å²) in [4.78, 5) is 73.0. The first kappa shape index (κ1) is 98.8.